The number of aliphatic hydroxyl groups excluding tert-OH is 1. The zero-order valence-electron chi connectivity index (χ0n) is 14.3. The molecule has 4 atom stereocenters. The van der Waals surface area contributed by atoms with Gasteiger partial charge in [-0.2, -0.15) is 0 Å². The predicted octanol–water partition coefficient (Wildman–Crippen LogP) is 3.12. The van der Waals surface area contributed by atoms with Crippen LogP contribution in [0, 0.1) is 0 Å². The van der Waals surface area contributed by atoms with Crippen molar-refractivity contribution >= 4 is 21.9 Å². The van der Waals surface area contributed by atoms with Crippen molar-refractivity contribution in [3.63, 3.8) is 0 Å². The molecule has 4 unspecified atom stereocenters. The second kappa shape index (κ2) is 9.87. The predicted molar refractivity (Wildman–Crippen MR) is 98.1 cm³/mol. The second-order valence-corrected chi connectivity index (χ2v) is 6.60. The molecule has 1 aliphatic rings. The number of ether oxygens (including phenoxy) is 3. The van der Waals surface area contributed by atoms with E-state index in [4.69, 9.17) is 14.2 Å². The van der Waals surface area contributed by atoms with Gasteiger partial charge in [-0.1, -0.05) is 46.3 Å². The summed E-state index contributed by atoms with van der Waals surface area (Å²) in [5, 5.41) is 9.87. The van der Waals surface area contributed by atoms with Crippen LogP contribution in [0.15, 0.2) is 53.0 Å². The van der Waals surface area contributed by atoms with Crippen LogP contribution in [0.3, 0.4) is 0 Å². The van der Waals surface area contributed by atoms with Crippen molar-refractivity contribution in [2.24, 2.45) is 0 Å². The summed E-state index contributed by atoms with van der Waals surface area (Å²) in [5.41, 5.74) is 1.04. The van der Waals surface area contributed by atoms with E-state index < -0.39 is 30.4 Å². The summed E-state index contributed by atoms with van der Waals surface area (Å²) in [6.07, 6.45) is 2.71. The maximum absolute atomic E-state index is 11.6. The number of benzene rings is 1. The highest BCUT2D eigenvalue weighted by atomic mass is 79.9. The zero-order valence-corrected chi connectivity index (χ0v) is 15.9. The summed E-state index contributed by atoms with van der Waals surface area (Å²) in [6.45, 7) is 4.12. The Balaban J connectivity index is 2.11. The number of carbonyl (C=O) groups is 1. The smallest absolute Gasteiger partial charge is 0.330 e. The molecule has 0 radical (unpaired) electrons. The van der Waals surface area contributed by atoms with E-state index in [2.05, 4.69) is 15.9 Å². The van der Waals surface area contributed by atoms with E-state index in [9.17, 15) is 9.90 Å². The van der Waals surface area contributed by atoms with Crippen LogP contribution in [0.5, 0.6) is 0 Å². The van der Waals surface area contributed by atoms with Gasteiger partial charge in [0.15, 0.2) is 0 Å². The third-order valence-electron chi connectivity index (χ3n) is 3.65. The molecule has 1 heterocycles. The van der Waals surface area contributed by atoms with Crippen LogP contribution in [0.25, 0.3) is 0 Å². The minimum atomic E-state index is -0.695. The second-order valence-electron chi connectivity index (χ2n) is 5.69. The Kier molecular flexibility index (Phi) is 7.84. The van der Waals surface area contributed by atoms with Gasteiger partial charge in [0.05, 0.1) is 19.3 Å². The molecule has 0 aromatic heterocycles. The summed E-state index contributed by atoms with van der Waals surface area (Å²) >= 11 is 3.43. The number of carbonyl (C=O) groups excluding carboxylic acids is 1. The maximum atomic E-state index is 11.6. The quantitative estimate of drug-likeness (QED) is 0.552. The monoisotopic (exact) mass is 410 g/mol. The maximum Gasteiger partial charge on any atom is 0.330 e. The summed E-state index contributed by atoms with van der Waals surface area (Å²) < 4.78 is 17.5. The van der Waals surface area contributed by atoms with Gasteiger partial charge in [0.2, 0.25) is 0 Å². The average molecular weight is 411 g/mol. The van der Waals surface area contributed by atoms with Crippen molar-refractivity contribution in [2.45, 2.75) is 44.9 Å². The van der Waals surface area contributed by atoms with Gasteiger partial charge in [-0.25, -0.2) is 4.79 Å². The number of rotatable bonds is 7. The summed E-state index contributed by atoms with van der Waals surface area (Å²) in [4.78, 5) is 11.6. The molecule has 136 valence electrons. The highest BCUT2D eigenvalue weighted by molar-refractivity contribution is 9.11. The fourth-order valence-electron chi connectivity index (χ4n) is 2.43. The van der Waals surface area contributed by atoms with Gasteiger partial charge >= 0.3 is 5.97 Å². The van der Waals surface area contributed by atoms with Crippen molar-refractivity contribution in [3.8, 4) is 0 Å². The van der Waals surface area contributed by atoms with Crippen LogP contribution < -0.4 is 0 Å². The molecule has 1 aromatic rings. The van der Waals surface area contributed by atoms with Crippen molar-refractivity contribution in [2.75, 3.05) is 6.61 Å². The van der Waals surface area contributed by atoms with Crippen LogP contribution in [0.4, 0.5) is 0 Å². The molecule has 0 saturated carbocycles. The first-order valence-corrected chi connectivity index (χ1v) is 9.01. The summed E-state index contributed by atoms with van der Waals surface area (Å²) in [7, 11) is 0. The number of halogens is 1. The fourth-order valence-corrected chi connectivity index (χ4v) is 3.18. The van der Waals surface area contributed by atoms with Gasteiger partial charge in [-0.15, -0.1) is 0 Å². The van der Waals surface area contributed by atoms with Gasteiger partial charge in [0, 0.05) is 10.6 Å². The molecule has 5 nitrogen and oxygen atoms in total. The lowest BCUT2D eigenvalue weighted by atomic mass is 10.1. The topological polar surface area (TPSA) is 65.0 Å². The van der Waals surface area contributed by atoms with Gasteiger partial charge in [0.25, 0.3) is 0 Å². The van der Waals surface area contributed by atoms with Crippen molar-refractivity contribution in [3.05, 3.63) is 58.6 Å². The molecular formula is C19H23BrO5. The van der Waals surface area contributed by atoms with E-state index in [1.807, 2.05) is 36.4 Å². The van der Waals surface area contributed by atoms with Crippen LogP contribution in [-0.4, -0.2) is 42.1 Å². The van der Waals surface area contributed by atoms with Crippen molar-refractivity contribution in [1.82, 2.24) is 0 Å². The van der Waals surface area contributed by atoms with Crippen molar-refractivity contribution < 1.29 is 24.1 Å². The van der Waals surface area contributed by atoms with Crippen LogP contribution in [0.1, 0.15) is 19.4 Å². The van der Waals surface area contributed by atoms with Gasteiger partial charge in [-0.3, -0.25) is 0 Å². The highest BCUT2D eigenvalue weighted by Gasteiger charge is 2.32. The normalized spacial score (nSPS) is 24.8. The standard InChI is InChI=1S/C19H23BrO5/c1-3-23-18(22)10-9-16-17(11-15(20)19(25-16)13(2)21)24-12-14-7-5-4-6-8-14/h4-11,13,16-17,19,21H,3,12H2,1-2H3. The lowest BCUT2D eigenvalue weighted by Crippen LogP contribution is -2.41. The molecule has 0 saturated heterocycles. The molecule has 0 amide bonds. The minimum absolute atomic E-state index is 0.310. The van der Waals surface area contributed by atoms with E-state index >= 15 is 0 Å². The number of esters is 1. The Morgan fingerprint density at radius 2 is 2.12 bits per heavy atom. The van der Waals surface area contributed by atoms with E-state index in [1.54, 1.807) is 19.9 Å². The van der Waals surface area contributed by atoms with Crippen LogP contribution in [-0.2, 0) is 25.6 Å². The third kappa shape index (κ3) is 6.08. The van der Waals surface area contributed by atoms with Crippen LogP contribution >= 0.6 is 15.9 Å². The first kappa shape index (κ1) is 19.8. The third-order valence-corrected chi connectivity index (χ3v) is 4.37. The van der Waals surface area contributed by atoms with Gasteiger partial charge in [0.1, 0.15) is 18.3 Å². The number of hydrogen-bond donors (Lipinski definition) is 1. The minimum Gasteiger partial charge on any atom is -0.463 e. The molecule has 1 aliphatic heterocycles. The molecule has 0 bridgehead atoms. The lowest BCUT2D eigenvalue weighted by molar-refractivity contribution is -0.137. The summed E-state index contributed by atoms with van der Waals surface area (Å²) in [5.74, 6) is -0.435. The molecule has 1 aromatic carbocycles. The Bertz CT molecular complexity index is 612. The molecule has 2 rings (SSSR count). The Labute approximate surface area is 156 Å². The van der Waals surface area contributed by atoms with E-state index in [1.165, 1.54) is 6.08 Å². The Morgan fingerprint density at radius 1 is 1.40 bits per heavy atom. The van der Waals surface area contributed by atoms with Gasteiger partial charge < -0.3 is 19.3 Å². The van der Waals surface area contributed by atoms with E-state index in [-0.39, 0.29) is 0 Å². The highest BCUT2D eigenvalue weighted by Crippen LogP contribution is 2.29. The number of aliphatic hydroxyl groups is 1. The number of hydrogen-bond acceptors (Lipinski definition) is 5. The van der Waals surface area contributed by atoms with E-state index in [0.717, 1.165) is 10.0 Å². The van der Waals surface area contributed by atoms with Gasteiger partial charge in [-0.05, 0) is 31.6 Å². The molecule has 1 N–H and O–H groups in total. The summed E-state index contributed by atoms with van der Waals surface area (Å²) in [6, 6.07) is 9.80. The zero-order chi connectivity index (χ0) is 18.2. The van der Waals surface area contributed by atoms with Crippen LogP contribution in [0.2, 0.25) is 0 Å². The first-order valence-electron chi connectivity index (χ1n) is 8.22. The molecule has 0 fully saturated rings. The lowest BCUT2D eigenvalue weighted by Gasteiger charge is -2.34. The first-order chi connectivity index (χ1) is 12.0. The molecule has 25 heavy (non-hydrogen) atoms. The molecule has 0 aliphatic carbocycles. The van der Waals surface area contributed by atoms with Crippen molar-refractivity contribution in [1.29, 1.82) is 0 Å². The fraction of sp³-hybridized carbons (Fsp3) is 0.421. The molecular weight excluding hydrogens is 388 g/mol. The largest absolute Gasteiger partial charge is 0.463 e. The SMILES string of the molecule is CCOC(=O)C=CC1OC(C(C)O)C(Br)=CC1OCc1ccccc1. The average Bonchev–Trinajstić information content (AvgIpc) is 2.59. The Morgan fingerprint density at radius 3 is 2.76 bits per heavy atom. The Hall–Kier alpha value is -1.47. The molecule has 6 heteroatoms. The molecule has 0 spiro atoms. The van der Waals surface area contributed by atoms with E-state index in [0.29, 0.717) is 13.2 Å².